The third kappa shape index (κ3) is 2.26. The normalized spacial score (nSPS) is 21.2. The van der Waals surface area contributed by atoms with Crippen molar-refractivity contribution in [1.29, 1.82) is 0 Å². The van der Waals surface area contributed by atoms with Gasteiger partial charge in [-0.1, -0.05) is 30.3 Å². The lowest BCUT2D eigenvalue weighted by Crippen LogP contribution is -2.15. The molecule has 3 rings (SSSR count). The van der Waals surface area contributed by atoms with Crippen LogP contribution in [0.3, 0.4) is 0 Å². The number of aryl methyl sites for hydroxylation is 1. The first-order valence-corrected chi connectivity index (χ1v) is 6.51. The molecule has 2 atom stereocenters. The fourth-order valence-corrected chi connectivity index (χ4v) is 2.40. The Morgan fingerprint density at radius 1 is 1.37 bits per heavy atom. The lowest BCUT2D eigenvalue weighted by molar-refractivity contribution is -0.117. The molecule has 1 aromatic heterocycles. The Hall–Kier alpha value is -2.10. The summed E-state index contributed by atoms with van der Waals surface area (Å²) < 4.78 is 1.76. The molecule has 0 radical (unpaired) electrons. The van der Waals surface area contributed by atoms with Crippen molar-refractivity contribution in [3.63, 3.8) is 0 Å². The van der Waals surface area contributed by atoms with Crippen molar-refractivity contribution >= 4 is 11.6 Å². The average molecular weight is 255 g/mol. The van der Waals surface area contributed by atoms with E-state index in [1.807, 2.05) is 32.2 Å². The van der Waals surface area contributed by atoms with Crippen LogP contribution in [0.4, 0.5) is 5.69 Å². The van der Waals surface area contributed by atoms with Gasteiger partial charge in [0, 0.05) is 13.0 Å². The van der Waals surface area contributed by atoms with Gasteiger partial charge in [-0.05, 0) is 24.8 Å². The molecule has 98 valence electrons. The summed E-state index contributed by atoms with van der Waals surface area (Å²) in [6.07, 6.45) is 2.64. The van der Waals surface area contributed by atoms with Crippen molar-refractivity contribution in [2.24, 2.45) is 13.0 Å². The molecule has 2 aromatic rings. The zero-order chi connectivity index (χ0) is 13.4. The summed E-state index contributed by atoms with van der Waals surface area (Å²) in [4.78, 5) is 12.2. The Labute approximate surface area is 112 Å². The minimum Gasteiger partial charge on any atom is -0.323 e. The Bertz CT molecular complexity index is 603. The molecule has 1 N–H and O–H groups in total. The van der Waals surface area contributed by atoms with Gasteiger partial charge in [0.2, 0.25) is 5.91 Å². The van der Waals surface area contributed by atoms with Crippen molar-refractivity contribution in [3.05, 3.63) is 47.8 Å². The van der Waals surface area contributed by atoms with Crippen LogP contribution in [0.5, 0.6) is 0 Å². The van der Waals surface area contributed by atoms with Crippen molar-refractivity contribution in [3.8, 4) is 0 Å². The molecule has 1 aliphatic carbocycles. The zero-order valence-electron chi connectivity index (χ0n) is 11.1. The van der Waals surface area contributed by atoms with Crippen molar-refractivity contribution in [1.82, 2.24) is 9.78 Å². The van der Waals surface area contributed by atoms with E-state index in [0.29, 0.717) is 5.92 Å². The highest BCUT2D eigenvalue weighted by Crippen LogP contribution is 2.47. The summed E-state index contributed by atoms with van der Waals surface area (Å²) in [5.74, 6) is 0.574. The molecule has 1 aliphatic rings. The van der Waals surface area contributed by atoms with Crippen molar-refractivity contribution in [2.75, 3.05) is 5.32 Å². The van der Waals surface area contributed by atoms with Gasteiger partial charge in [-0.25, -0.2) is 0 Å². The van der Waals surface area contributed by atoms with Crippen molar-refractivity contribution in [2.45, 2.75) is 19.3 Å². The summed E-state index contributed by atoms with van der Waals surface area (Å²) in [6, 6.07) is 10.2. The molecule has 19 heavy (non-hydrogen) atoms. The number of anilines is 1. The predicted molar refractivity (Wildman–Crippen MR) is 73.9 cm³/mol. The molecule has 0 saturated heterocycles. The number of carbonyl (C=O) groups excluding carboxylic acids is 1. The highest BCUT2D eigenvalue weighted by Gasteiger charge is 2.43. The quantitative estimate of drug-likeness (QED) is 0.915. The number of rotatable bonds is 3. The van der Waals surface area contributed by atoms with Crippen LogP contribution in [0, 0.1) is 12.8 Å². The average Bonchev–Trinajstić information content (AvgIpc) is 3.18. The van der Waals surface area contributed by atoms with Crippen LogP contribution in [0.15, 0.2) is 36.5 Å². The highest BCUT2D eigenvalue weighted by molar-refractivity contribution is 5.95. The second kappa shape index (κ2) is 4.53. The summed E-state index contributed by atoms with van der Waals surface area (Å²) in [5, 5.41) is 7.10. The summed E-state index contributed by atoms with van der Waals surface area (Å²) in [6.45, 7) is 1.95. The Morgan fingerprint density at radius 3 is 2.74 bits per heavy atom. The zero-order valence-corrected chi connectivity index (χ0v) is 11.1. The lowest BCUT2D eigenvalue weighted by Gasteiger charge is -2.04. The third-order valence-electron chi connectivity index (χ3n) is 3.85. The number of hydrogen-bond acceptors (Lipinski definition) is 2. The first-order chi connectivity index (χ1) is 9.16. The van der Waals surface area contributed by atoms with E-state index in [1.165, 1.54) is 5.56 Å². The number of nitrogens with one attached hydrogen (secondary N) is 1. The number of aromatic nitrogens is 2. The number of carbonyl (C=O) groups is 1. The maximum atomic E-state index is 12.2. The van der Waals surface area contributed by atoms with E-state index in [2.05, 4.69) is 22.5 Å². The molecule has 4 nitrogen and oxygen atoms in total. The molecule has 1 amide bonds. The maximum Gasteiger partial charge on any atom is 0.228 e. The van der Waals surface area contributed by atoms with Gasteiger partial charge < -0.3 is 5.32 Å². The van der Waals surface area contributed by atoms with Gasteiger partial charge in [0.25, 0.3) is 0 Å². The minimum atomic E-state index is 0.0991. The van der Waals surface area contributed by atoms with Gasteiger partial charge in [-0.15, -0.1) is 0 Å². The molecule has 1 saturated carbocycles. The van der Waals surface area contributed by atoms with Gasteiger partial charge in [0.1, 0.15) is 0 Å². The summed E-state index contributed by atoms with van der Waals surface area (Å²) in [7, 11) is 1.87. The topological polar surface area (TPSA) is 46.9 Å². The minimum absolute atomic E-state index is 0.0991. The monoisotopic (exact) mass is 255 g/mol. The Kier molecular flexibility index (Phi) is 2.85. The van der Waals surface area contributed by atoms with E-state index in [9.17, 15) is 4.79 Å². The van der Waals surface area contributed by atoms with E-state index in [0.717, 1.165) is 17.8 Å². The molecule has 0 bridgehead atoms. The van der Waals surface area contributed by atoms with Gasteiger partial charge >= 0.3 is 0 Å². The lowest BCUT2D eigenvalue weighted by atomic mass is 10.1. The Balaban J connectivity index is 1.66. The number of hydrogen-bond donors (Lipinski definition) is 1. The predicted octanol–water partition coefficient (Wildman–Crippen LogP) is 2.47. The van der Waals surface area contributed by atoms with Crippen LogP contribution in [-0.2, 0) is 11.8 Å². The molecule has 1 fully saturated rings. The van der Waals surface area contributed by atoms with E-state index in [-0.39, 0.29) is 11.8 Å². The summed E-state index contributed by atoms with van der Waals surface area (Å²) >= 11 is 0. The maximum absolute atomic E-state index is 12.2. The largest absolute Gasteiger partial charge is 0.323 e. The van der Waals surface area contributed by atoms with Gasteiger partial charge in [0.15, 0.2) is 0 Å². The van der Waals surface area contributed by atoms with Crippen LogP contribution in [-0.4, -0.2) is 15.7 Å². The SMILES string of the molecule is Cc1c(NC(=O)[C@@H]2C[C@H]2c2ccccc2)cnn1C. The summed E-state index contributed by atoms with van der Waals surface area (Å²) in [5.41, 5.74) is 3.04. The highest BCUT2D eigenvalue weighted by atomic mass is 16.2. The molecular weight excluding hydrogens is 238 g/mol. The van der Waals surface area contributed by atoms with E-state index < -0.39 is 0 Å². The van der Waals surface area contributed by atoms with Gasteiger partial charge in [-0.2, -0.15) is 5.10 Å². The first kappa shape index (κ1) is 12.0. The smallest absolute Gasteiger partial charge is 0.228 e. The van der Waals surface area contributed by atoms with E-state index >= 15 is 0 Å². The van der Waals surface area contributed by atoms with Crippen LogP contribution >= 0.6 is 0 Å². The Morgan fingerprint density at radius 2 is 2.11 bits per heavy atom. The standard InChI is InChI=1S/C15H17N3O/c1-10-14(9-16-18(10)2)17-15(19)13-8-12(13)11-6-4-3-5-7-11/h3-7,9,12-13H,8H2,1-2H3,(H,17,19)/t12-,13+/m0/s1. The number of benzene rings is 1. The van der Waals surface area contributed by atoms with Crippen LogP contribution in [0.2, 0.25) is 0 Å². The van der Waals surface area contributed by atoms with Crippen molar-refractivity contribution < 1.29 is 4.79 Å². The molecule has 0 unspecified atom stereocenters. The molecule has 4 heteroatoms. The molecule has 0 spiro atoms. The second-order valence-corrected chi connectivity index (χ2v) is 5.12. The van der Waals surface area contributed by atoms with Gasteiger partial charge in [-0.3, -0.25) is 9.48 Å². The molecular formula is C15H17N3O. The van der Waals surface area contributed by atoms with E-state index in [4.69, 9.17) is 0 Å². The second-order valence-electron chi connectivity index (χ2n) is 5.12. The molecule has 1 heterocycles. The third-order valence-corrected chi connectivity index (χ3v) is 3.85. The number of nitrogens with zero attached hydrogens (tertiary/aromatic N) is 2. The first-order valence-electron chi connectivity index (χ1n) is 6.51. The van der Waals surface area contributed by atoms with E-state index in [1.54, 1.807) is 10.9 Å². The van der Waals surface area contributed by atoms with Crippen LogP contribution in [0.1, 0.15) is 23.6 Å². The van der Waals surface area contributed by atoms with Crippen LogP contribution < -0.4 is 5.32 Å². The van der Waals surface area contributed by atoms with Gasteiger partial charge in [0.05, 0.1) is 17.6 Å². The fraction of sp³-hybridized carbons (Fsp3) is 0.333. The molecule has 0 aliphatic heterocycles. The van der Waals surface area contributed by atoms with Crippen LogP contribution in [0.25, 0.3) is 0 Å². The molecule has 1 aromatic carbocycles. The number of amides is 1. The fourth-order valence-electron chi connectivity index (χ4n) is 2.40.